The number of anilines is 1. The zero-order valence-corrected chi connectivity index (χ0v) is 21.0. The second kappa shape index (κ2) is 11.3. The first-order valence-corrected chi connectivity index (χ1v) is 12.2. The molecule has 3 aromatic rings. The first-order chi connectivity index (χ1) is 17.7. The molecule has 0 radical (unpaired) electrons. The summed E-state index contributed by atoms with van der Waals surface area (Å²) in [6, 6.07) is 17.8. The molecule has 0 atom stereocenters. The van der Waals surface area contributed by atoms with Crippen LogP contribution in [0.25, 0.3) is 6.08 Å². The fraction of sp³-hybridized carbons (Fsp3) is 0.115. The minimum atomic E-state index is -0.520. The predicted octanol–water partition coefficient (Wildman–Crippen LogP) is 5.81. The van der Waals surface area contributed by atoms with E-state index in [-0.39, 0.29) is 34.7 Å². The molecule has 0 saturated carbocycles. The molecule has 1 saturated heterocycles. The molecule has 1 N–H and O–H groups in total. The van der Waals surface area contributed by atoms with Gasteiger partial charge in [0, 0.05) is 17.8 Å². The number of nitro benzene ring substituents is 1. The molecule has 1 aliphatic rings. The van der Waals surface area contributed by atoms with Crippen LogP contribution in [-0.2, 0) is 16.1 Å². The fourth-order valence-electron chi connectivity index (χ4n) is 3.48. The van der Waals surface area contributed by atoms with Crippen molar-refractivity contribution in [1.29, 1.82) is 0 Å². The SMILES string of the molecule is Cc1cccc(NC(=O)COc2ccc(/C=C3\SC(=O)N(Cc4ccc([N+](=O)[O-])cc4)C3=O)cc2Cl)c1. The summed E-state index contributed by atoms with van der Waals surface area (Å²) in [6.07, 6.45) is 1.54. The second-order valence-electron chi connectivity index (χ2n) is 8.09. The summed E-state index contributed by atoms with van der Waals surface area (Å²) in [5, 5.41) is 13.3. The molecule has 1 heterocycles. The molecule has 0 aromatic heterocycles. The van der Waals surface area contributed by atoms with E-state index in [2.05, 4.69) is 5.32 Å². The van der Waals surface area contributed by atoms with E-state index in [0.29, 0.717) is 22.6 Å². The highest BCUT2D eigenvalue weighted by Gasteiger charge is 2.35. The van der Waals surface area contributed by atoms with Crippen LogP contribution in [0.1, 0.15) is 16.7 Å². The second-order valence-corrected chi connectivity index (χ2v) is 9.49. The number of hydrogen-bond acceptors (Lipinski definition) is 7. The lowest BCUT2D eigenvalue weighted by atomic mass is 10.2. The van der Waals surface area contributed by atoms with E-state index in [1.807, 2.05) is 25.1 Å². The zero-order valence-electron chi connectivity index (χ0n) is 19.5. The van der Waals surface area contributed by atoms with Gasteiger partial charge in [0.2, 0.25) is 0 Å². The first-order valence-electron chi connectivity index (χ1n) is 11.0. The third-order valence-electron chi connectivity index (χ3n) is 5.28. The van der Waals surface area contributed by atoms with Crippen LogP contribution >= 0.6 is 23.4 Å². The van der Waals surface area contributed by atoms with E-state index in [1.54, 1.807) is 30.3 Å². The lowest BCUT2D eigenvalue weighted by Crippen LogP contribution is -2.27. The van der Waals surface area contributed by atoms with Gasteiger partial charge in [0.1, 0.15) is 5.75 Å². The lowest BCUT2D eigenvalue weighted by molar-refractivity contribution is -0.384. The third-order valence-corrected chi connectivity index (χ3v) is 6.48. The molecule has 1 fully saturated rings. The van der Waals surface area contributed by atoms with Gasteiger partial charge < -0.3 is 10.1 Å². The molecule has 3 aromatic carbocycles. The number of carbonyl (C=O) groups is 3. The maximum Gasteiger partial charge on any atom is 0.293 e. The minimum Gasteiger partial charge on any atom is -0.482 e. The standard InChI is InChI=1S/C26H20ClN3O6S/c1-16-3-2-4-19(11-16)28-24(31)15-36-22-10-7-18(12-21(22)27)13-23-25(32)29(26(33)37-23)14-17-5-8-20(9-6-17)30(34)35/h2-13H,14-15H2,1H3,(H,28,31)/b23-13-. The van der Waals surface area contributed by atoms with Crippen LogP contribution in [0.2, 0.25) is 5.02 Å². The summed E-state index contributed by atoms with van der Waals surface area (Å²) < 4.78 is 5.53. The summed E-state index contributed by atoms with van der Waals surface area (Å²) in [5.41, 5.74) is 2.76. The number of ether oxygens (including phenoxy) is 1. The van der Waals surface area contributed by atoms with E-state index in [4.69, 9.17) is 16.3 Å². The Morgan fingerprint density at radius 2 is 1.89 bits per heavy atom. The Balaban J connectivity index is 1.38. The Hall–Kier alpha value is -4.15. The number of nitro groups is 1. The number of rotatable bonds is 8. The highest BCUT2D eigenvalue weighted by molar-refractivity contribution is 8.18. The van der Waals surface area contributed by atoms with Crippen LogP contribution < -0.4 is 10.1 Å². The van der Waals surface area contributed by atoms with Gasteiger partial charge in [-0.25, -0.2) is 0 Å². The number of amides is 3. The third kappa shape index (κ3) is 6.54. The van der Waals surface area contributed by atoms with Gasteiger partial charge in [0.15, 0.2) is 6.61 Å². The van der Waals surface area contributed by atoms with Crippen LogP contribution in [0, 0.1) is 17.0 Å². The number of non-ortho nitro benzene ring substituents is 1. The predicted molar refractivity (Wildman–Crippen MR) is 141 cm³/mol. The average molecular weight is 538 g/mol. The monoisotopic (exact) mass is 537 g/mol. The van der Waals surface area contributed by atoms with Crippen LogP contribution in [-0.4, -0.2) is 33.5 Å². The summed E-state index contributed by atoms with van der Waals surface area (Å²) in [7, 11) is 0. The zero-order chi connectivity index (χ0) is 26.5. The number of aryl methyl sites for hydroxylation is 1. The van der Waals surface area contributed by atoms with Crippen LogP contribution in [0.5, 0.6) is 5.75 Å². The summed E-state index contributed by atoms with van der Waals surface area (Å²) in [4.78, 5) is 49.0. The highest BCUT2D eigenvalue weighted by Crippen LogP contribution is 2.34. The van der Waals surface area contributed by atoms with Gasteiger partial charge in [-0.1, -0.05) is 41.9 Å². The number of hydrogen-bond donors (Lipinski definition) is 1. The number of thioether (sulfide) groups is 1. The first kappa shape index (κ1) is 25.9. The quantitative estimate of drug-likeness (QED) is 0.219. The minimum absolute atomic E-state index is 0.00184. The molecule has 37 heavy (non-hydrogen) atoms. The number of halogens is 1. The molecule has 9 nitrogen and oxygen atoms in total. The van der Waals surface area contributed by atoms with Gasteiger partial charge in [-0.3, -0.25) is 29.4 Å². The van der Waals surface area contributed by atoms with Gasteiger partial charge >= 0.3 is 0 Å². The Morgan fingerprint density at radius 1 is 1.14 bits per heavy atom. The largest absolute Gasteiger partial charge is 0.482 e. The van der Waals surface area contributed by atoms with Crippen LogP contribution in [0.15, 0.2) is 71.6 Å². The van der Waals surface area contributed by atoms with Crippen molar-refractivity contribution in [1.82, 2.24) is 4.90 Å². The van der Waals surface area contributed by atoms with Crippen LogP contribution in [0.3, 0.4) is 0 Å². The summed E-state index contributed by atoms with van der Waals surface area (Å²) >= 11 is 7.11. The number of nitrogens with one attached hydrogen (secondary N) is 1. The van der Waals surface area contributed by atoms with Gasteiger partial charge in [-0.05, 0) is 65.7 Å². The maximum atomic E-state index is 12.8. The van der Waals surface area contributed by atoms with Gasteiger partial charge in [0.05, 0.1) is 21.4 Å². The van der Waals surface area contributed by atoms with Gasteiger partial charge in [-0.2, -0.15) is 0 Å². The van der Waals surface area contributed by atoms with Crippen molar-refractivity contribution in [3.63, 3.8) is 0 Å². The molecule has 4 rings (SSSR count). The molecule has 0 bridgehead atoms. The molecule has 3 amide bonds. The van der Waals surface area contributed by atoms with Crippen molar-refractivity contribution < 1.29 is 24.0 Å². The Kier molecular flexibility index (Phi) is 7.90. The van der Waals surface area contributed by atoms with Crippen molar-refractivity contribution in [2.24, 2.45) is 0 Å². The van der Waals surface area contributed by atoms with Crippen molar-refractivity contribution in [2.75, 3.05) is 11.9 Å². The van der Waals surface area contributed by atoms with E-state index in [9.17, 15) is 24.5 Å². The summed E-state index contributed by atoms with van der Waals surface area (Å²) in [5.74, 6) is -0.519. The molecule has 11 heteroatoms. The number of benzene rings is 3. The van der Waals surface area contributed by atoms with Crippen molar-refractivity contribution in [3.05, 3.63) is 103 Å². The maximum absolute atomic E-state index is 12.8. The van der Waals surface area contributed by atoms with Crippen LogP contribution in [0.4, 0.5) is 16.2 Å². The Bertz CT molecular complexity index is 1420. The van der Waals surface area contributed by atoms with E-state index in [0.717, 1.165) is 22.2 Å². The topological polar surface area (TPSA) is 119 Å². The number of imide groups is 1. The number of carbonyl (C=O) groups excluding carboxylic acids is 3. The van der Waals surface area contributed by atoms with Crippen molar-refractivity contribution in [2.45, 2.75) is 13.5 Å². The van der Waals surface area contributed by atoms with E-state index in [1.165, 1.54) is 24.3 Å². The molecule has 0 unspecified atom stereocenters. The molecule has 0 aliphatic carbocycles. The highest BCUT2D eigenvalue weighted by atomic mass is 35.5. The van der Waals surface area contributed by atoms with Gasteiger partial charge in [-0.15, -0.1) is 0 Å². The fourth-order valence-corrected chi connectivity index (χ4v) is 4.56. The average Bonchev–Trinajstić information content (AvgIpc) is 3.11. The van der Waals surface area contributed by atoms with E-state index < -0.39 is 16.1 Å². The van der Waals surface area contributed by atoms with Crippen molar-refractivity contribution in [3.8, 4) is 5.75 Å². The van der Waals surface area contributed by atoms with Gasteiger partial charge in [0.25, 0.3) is 22.7 Å². The smallest absolute Gasteiger partial charge is 0.293 e. The molecule has 1 aliphatic heterocycles. The lowest BCUT2D eigenvalue weighted by Gasteiger charge is -2.12. The summed E-state index contributed by atoms with van der Waals surface area (Å²) in [6.45, 7) is 1.68. The normalized spacial score (nSPS) is 14.2. The number of nitrogens with zero attached hydrogens (tertiary/aromatic N) is 2. The molecule has 188 valence electrons. The van der Waals surface area contributed by atoms with E-state index >= 15 is 0 Å². The molecular formula is C26H20ClN3O6S. The Labute approximate surface area is 221 Å². The van der Waals surface area contributed by atoms with Crippen molar-refractivity contribution >= 4 is 57.9 Å². The molecular weight excluding hydrogens is 518 g/mol. The molecule has 0 spiro atoms. The Morgan fingerprint density at radius 3 is 2.57 bits per heavy atom.